The van der Waals surface area contributed by atoms with Gasteiger partial charge in [0.25, 0.3) is 0 Å². The molecule has 0 aromatic heterocycles. The minimum absolute atomic E-state index is 0.150. The molecule has 8 aromatic carbocycles. The van der Waals surface area contributed by atoms with Crippen LogP contribution in [0.5, 0.6) is 0 Å². The van der Waals surface area contributed by atoms with E-state index in [0.29, 0.717) is 0 Å². The fourth-order valence-electron chi connectivity index (χ4n) is 9.28. The van der Waals surface area contributed by atoms with Gasteiger partial charge in [-0.1, -0.05) is 170 Å². The van der Waals surface area contributed by atoms with E-state index in [1.165, 1.54) is 55.9 Å². The van der Waals surface area contributed by atoms with Crippen molar-refractivity contribution in [3.8, 4) is 22.3 Å². The lowest BCUT2D eigenvalue weighted by Crippen LogP contribution is -2.36. The number of benzene rings is 8. The van der Waals surface area contributed by atoms with E-state index in [1.807, 2.05) is 6.07 Å². The number of anilines is 3. The Morgan fingerprint density at radius 2 is 0.982 bits per heavy atom. The summed E-state index contributed by atoms with van der Waals surface area (Å²) in [5, 5.41) is 3.63. The van der Waals surface area contributed by atoms with E-state index in [-0.39, 0.29) is 6.04 Å². The summed E-state index contributed by atoms with van der Waals surface area (Å²) in [5.74, 6) is 0.876. The lowest BCUT2D eigenvalue weighted by atomic mass is 9.64. The van der Waals surface area contributed by atoms with Crippen molar-refractivity contribution in [2.45, 2.75) is 11.5 Å². The number of nitrogens with one attached hydrogen (secondary N) is 1. The number of hydrogen-bond donors (Lipinski definition) is 1. The molecule has 56 heavy (non-hydrogen) atoms. The fraction of sp³-hybridized carbons (Fsp3) is 0.0377. The Balaban J connectivity index is 1.06. The zero-order valence-electron chi connectivity index (χ0n) is 30.7. The number of amidine groups is 1. The molecule has 0 amide bonds. The Labute approximate surface area is 327 Å². The number of aliphatic imine (C=N–C) groups is 1. The Hall–Kier alpha value is -7.23. The summed E-state index contributed by atoms with van der Waals surface area (Å²) in [7, 11) is 0. The van der Waals surface area contributed by atoms with E-state index in [2.05, 4.69) is 216 Å². The van der Waals surface area contributed by atoms with Crippen LogP contribution in [0.3, 0.4) is 0 Å². The summed E-state index contributed by atoms with van der Waals surface area (Å²) < 4.78 is 0. The van der Waals surface area contributed by atoms with Crippen molar-refractivity contribution < 1.29 is 0 Å². The molecule has 1 N–H and O–H groups in total. The molecular formula is C53H37N3. The first-order chi connectivity index (χ1) is 27.8. The summed E-state index contributed by atoms with van der Waals surface area (Å²) in [6.07, 6.45) is 2.25. The van der Waals surface area contributed by atoms with Gasteiger partial charge in [0.15, 0.2) is 0 Å². The second-order valence-electron chi connectivity index (χ2n) is 14.7. The largest absolute Gasteiger partial charge is 0.340 e. The maximum absolute atomic E-state index is 5.27. The smallest absolute Gasteiger partial charge is 0.133 e. The first kappa shape index (κ1) is 32.2. The van der Waals surface area contributed by atoms with Gasteiger partial charge in [-0.25, -0.2) is 0 Å². The first-order valence-corrected chi connectivity index (χ1v) is 19.3. The predicted octanol–water partition coefficient (Wildman–Crippen LogP) is 12.6. The molecule has 3 aliphatic rings. The van der Waals surface area contributed by atoms with Crippen LogP contribution in [0.4, 0.5) is 17.1 Å². The van der Waals surface area contributed by atoms with Crippen LogP contribution in [-0.2, 0) is 5.41 Å². The molecule has 1 atom stereocenters. The highest BCUT2D eigenvalue weighted by molar-refractivity contribution is 6.05. The molecule has 1 spiro atoms. The van der Waals surface area contributed by atoms with Gasteiger partial charge < -0.3 is 10.2 Å². The van der Waals surface area contributed by atoms with Crippen LogP contribution in [0, 0.1) is 0 Å². The van der Waals surface area contributed by atoms with E-state index in [0.717, 1.165) is 33.9 Å². The molecule has 0 fully saturated rings. The van der Waals surface area contributed by atoms with Gasteiger partial charge in [0.1, 0.15) is 5.84 Å². The maximum Gasteiger partial charge on any atom is 0.133 e. The molecule has 1 aliphatic carbocycles. The van der Waals surface area contributed by atoms with Crippen molar-refractivity contribution in [1.29, 1.82) is 0 Å². The van der Waals surface area contributed by atoms with Crippen LogP contribution < -0.4 is 10.2 Å². The average molecular weight is 716 g/mol. The zero-order valence-corrected chi connectivity index (χ0v) is 30.7. The Bertz CT molecular complexity index is 2730. The van der Waals surface area contributed by atoms with Crippen LogP contribution in [0.25, 0.3) is 28.0 Å². The third-order valence-electron chi connectivity index (χ3n) is 11.7. The minimum Gasteiger partial charge on any atom is -0.340 e. The maximum atomic E-state index is 5.27. The Morgan fingerprint density at radius 1 is 0.429 bits per heavy atom. The van der Waals surface area contributed by atoms with Gasteiger partial charge in [-0.3, -0.25) is 4.99 Å². The van der Waals surface area contributed by atoms with Crippen molar-refractivity contribution in [3.63, 3.8) is 0 Å². The van der Waals surface area contributed by atoms with Gasteiger partial charge in [0.05, 0.1) is 22.8 Å². The van der Waals surface area contributed by atoms with Crippen molar-refractivity contribution in [3.05, 3.63) is 251 Å². The van der Waals surface area contributed by atoms with Crippen molar-refractivity contribution in [2.75, 3.05) is 4.90 Å². The van der Waals surface area contributed by atoms with Gasteiger partial charge in [0, 0.05) is 16.9 Å². The second-order valence-corrected chi connectivity index (χ2v) is 14.7. The molecule has 2 heterocycles. The molecule has 0 bridgehead atoms. The first-order valence-electron chi connectivity index (χ1n) is 19.3. The summed E-state index contributed by atoms with van der Waals surface area (Å²) in [6.45, 7) is 0. The van der Waals surface area contributed by atoms with Crippen molar-refractivity contribution in [1.82, 2.24) is 5.32 Å². The highest BCUT2D eigenvalue weighted by Gasteiger charge is 2.51. The van der Waals surface area contributed by atoms with Gasteiger partial charge >= 0.3 is 0 Å². The van der Waals surface area contributed by atoms with Crippen LogP contribution in [0.1, 0.15) is 45.0 Å². The average Bonchev–Trinajstić information content (AvgIpc) is 3.57. The molecule has 2 aliphatic heterocycles. The molecule has 3 nitrogen and oxygen atoms in total. The van der Waals surface area contributed by atoms with Gasteiger partial charge in [-0.05, 0) is 98.1 Å². The van der Waals surface area contributed by atoms with Gasteiger partial charge in [-0.2, -0.15) is 0 Å². The molecule has 3 heteroatoms. The van der Waals surface area contributed by atoms with Crippen LogP contribution >= 0.6 is 0 Å². The van der Waals surface area contributed by atoms with Gasteiger partial charge in [0.2, 0.25) is 0 Å². The van der Waals surface area contributed by atoms with Crippen LogP contribution in [0.15, 0.2) is 217 Å². The number of para-hydroxylation sites is 3. The SMILES string of the molecule is C1=C(c2ccccc2)NC(c2ccccc2)=NC1c1cccc(-c2ccc3c(c2)-c2ccccc2C32c3ccccc3N(c3ccccc3)c3ccccc32)c1. The highest BCUT2D eigenvalue weighted by atomic mass is 15.2. The van der Waals surface area contributed by atoms with Crippen molar-refractivity contribution in [2.24, 2.45) is 4.99 Å². The summed E-state index contributed by atoms with van der Waals surface area (Å²) in [4.78, 5) is 7.70. The monoisotopic (exact) mass is 715 g/mol. The fourth-order valence-corrected chi connectivity index (χ4v) is 9.28. The lowest BCUT2D eigenvalue weighted by Gasteiger charge is -2.45. The molecule has 0 saturated heterocycles. The third kappa shape index (κ3) is 4.94. The quantitative estimate of drug-likeness (QED) is 0.192. The summed E-state index contributed by atoms with van der Waals surface area (Å²) in [5.41, 5.74) is 17.7. The molecule has 11 rings (SSSR count). The topological polar surface area (TPSA) is 27.6 Å². The Kier molecular flexibility index (Phi) is 7.46. The minimum atomic E-state index is -0.471. The predicted molar refractivity (Wildman–Crippen MR) is 231 cm³/mol. The highest BCUT2D eigenvalue weighted by Crippen LogP contribution is 2.63. The molecule has 264 valence electrons. The standard InChI is InChI=1S/C53H37N3/c1-4-17-36(18-5-1)48-35-49(55-52(54-48)37-19-6-2-7-20-37)40-22-16-21-38(33-40)39-31-32-45-43(34-39)42-25-10-11-26-44(42)53(45)46-27-12-14-29-50(46)56(41-23-8-3-9-24-41)51-30-15-13-28-47(51)53/h1-35,49H,(H,54,55). The van der Waals surface area contributed by atoms with Crippen LogP contribution in [-0.4, -0.2) is 5.84 Å². The Morgan fingerprint density at radius 3 is 1.70 bits per heavy atom. The summed E-state index contributed by atoms with van der Waals surface area (Å²) in [6, 6.07) is 74.6. The van der Waals surface area contributed by atoms with E-state index in [9.17, 15) is 0 Å². The second kappa shape index (κ2) is 13.0. The van der Waals surface area contributed by atoms with Gasteiger partial charge in [-0.15, -0.1) is 0 Å². The molecule has 8 aromatic rings. The van der Waals surface area contributed by atoms with E-state index >= 15 is 0 Å². The van der Waals surface area contributed by atoms with Crippen LogP contribution in [0.2, 0.25) is 0 Å². The summed E-state index contributed by atoms with van der Waals surface area (Å²) >= 11 is 0. The molecule has 1 unspecified atom stereocenters. The van der Waals surface area contributed by atoms with E-state index < -0.39 is 5.41 Å². The van der Waals surface area contributed by atoms with E-state index in [4.69, 9.17) is 4.99 Å². The molecule has 0 radical (unpaired) electrons. The zero-order chi connectivity index (χ0) is 37.1. The van der Waals surface area contributed by atoms with E-state index in [1.54, 1.807) is 0 Å². The molecular weight excluding hydrogens is 679 g/mol. The van der Waals surface area contributed by atoms with Crippen molar-refractivity contribution >= 4 is 28.6 Å². The third-order valence-corrected chi connectivity index (χ3v) is 11.7. The molecule has 0 saturated carbocycles. The number of rotatable bonds is 5. The lowest BCUT2D eigenvalue weighted by molar-refractivity contribution is 0.753. The number of fused-ring (bicyclic) bond motifs is 9. The number of nitrogens with zero attached hydrogens (tertiary/aromatic N) is 2. The number of hydrogen-bond acceptors (Lipinski definition) is 3. The normalized spacial score (nSPS) is 15.8.